The standard InChI is InChI=1S/C24H16ClF3N2O2/c1-32-23(31)18-6-4-5-17(13-18)15-9-11-16(12-10-15)21-14-22(24(26,27)28)29-30(21)20-8-3-2-7-19(20)25/h2-14H,1H3. The number of methoxy groups -OCH3 is 1. The zero-order valence-electron chi connectivity index (χ0n) is 16.7. The number of hydrogen-bond acceptors (Lipinski definition) is 3. The third kappa shape index (κ3) is 4.24. The van der Waals surface area contributed by atoms with Gasteiger partial charge in [-0.3, -0.25) is 0 Å². The summed E-state index contributed by atoms with van der Waals surface area (Å²) in [5.74, 6) is -0.452. The molecule has 1 heterocycles. The third-order valence-corrected chi connectivity index (χ3v) is 5.20. The average molecular weight is 457 g/mol. The highest BCUT2D eigenvalue weighted by Crippen LogP contribution is 2.35. The van der Waals surface area contributed by atoms with E-state index in [9.17, 15) is 18.0 Å². The van der Waals surface area contributed by atoms with E-state index in [1.54, 1.807) is 66.7 Å². The van der Waals surface area contributed by atoms with Gasteiger partial charge in [0.25, 0.3) is 0 Å². The highest BCUT2D eigenvalue weighted by molar-refractivity contribution is 6.32. The number of halogens is 4. The van der Waals surface area contributed by atoms with Crippen LogP contribution < -0.4 is 0 Å². The Kier molecular flexibility index (Phi) is 5.76. The molecule has 8 heteroatoms. The molecule has 0 bridgehead atoms. The van der Waals surface area contributed by atoms with Crippen LogP contribution in [0.5, 0.6) is 0 Å². The molecule has 32 heavy (non-hydrogen) atoms. The molecular weight excluding hydrogens is 441 g/mol. The fraction of sp³-hybridized carbons (Fsp3) is 0.0833. The summed E-state index contributed by atoms with van der Waals surface area (Å²) in [6, 6.07) is 21.4. The van der Waals surface area contributed by atoms with Crippen molar-refractivity contribution in [3.05, 3.63) is 95.1 Å². The zero-order chi connectivity index (χ0) is 22.9. The number of alkyl halides is 3. The van der Waals surface area contributed by atoms with Crippen molar-refractivity contribution in [3.63, 3.8) is 0 Å². The molecule has 0 aliphatic carbocycles. The highest BCUT2D eigenvalue weighted by Gasteiger charge is 2.35. The number of hydrogen-bond donors (Lipinski definition) is 0. The van der Waals surface area contributed by atoms with E-state index in [2.05, 4.69) is 5.10 Å². The predicted octanol–water partition coefficient (Wildman–Crippen LogP) is 6.67. The van der Waals surface area contributed by atoms with Gasteiger partial charge in [0.15, 0.2) is 5.69 Å². The maximum absolute atomic E-state index is 13.4. The number of benzene rings is 3. The van der Waals surface area contributed by atoms with E-state index < -0.39 is 17.8 Å². The molecule has 0 aliphatic rings. The molecular formula is C24H16ClF3N2O2. The third-order valence-electron chi connectivity index (χ3n) is 4.88. The minimum absolute atomic E-state index is 0.250. The van der Waals surface area contributed by atoms with Crippen LogP contribution >= 0.6 is 11.6 Å². The first-order chi connectivity index (χ1) is 15.3. The van der Waals surface area contributed by atoms with Gasteiger partial charge in [0, 0.05) is 5.56 Å². The molecule has 3 aromatic carbocycles. The predicted molar refractivity (Wildman–Crippen MR) is 116 cm³/mol. The van der Waals surface area contributed by atoms with Crippen LogP contribution in [-0.4, -0.2) is 22.9 Å². The molecule has 0 aliphatic heterocycles. The largest absolute Gasteiger partial charge is 0.465 e. The monoisotopic (exact) mass is 456 g/mol. The van der Waals surface area contributed by atoms with Gasteiger partial charge < -0.3 is 4.74 Å². The summed E-state index contributed by atoms with van der Waals surface area (Å²) in [4.78, 5) is 11.8. The summed E-state index contributed by atoms with van der Waals surface area (Å²) >= 11 is 6.22. The van der Waals surface area contributed by atoms with Crippen molar-refractivity contribution in [2.24, 2.45) is 0 Å². The molecule has 4 nitrogen and oxygen atoms in total. The number of esters is 1. The van der Waals surface area contributed by atoms with Crippen LogP contribution in [-0.2, 0) is 10.9 Å². The molecule has 4 rings (SSSR count). The summed E-state index contributed by atoms with van der Waals surface area (Å²) in [7, 11) is 1.31. The fourth-order valence-corrected chi connectivity index (χ4v) is 3.53. The molecule has 162 valence electrons. The molecule has 4 aromatic rings. The van der Waals surface area contributed by atoms with E-state index in [1.165, 1.54) is 11.8 Å². The minimum atomic E-state index is -4.60. The Bertz CT molecular complexity index is 1280. The van der Waals surface area contributed by atoms with E-state index in [0.717, 1.165) is 17.2 Å². The van der Waals surface area contributed by atoms with E-state index in [4.69, 9.17) is 16.3 Å². The van der Waals surface area contributed by atoms with E-state index in [1.807, 2.05) is 6.07 Å². The van der Waals surface area contributed by atoms with E-state index in [-0.39, 0.29) is 10.7 Å². The number of ether oxygens (including phenoxy) is 1. The number of nitrogens with zero attached hydrogens (tertiary/aromatic N) is 2. The normalized spacial score (nSPS) is 11.4. The summed E-state index contributed by atoms with van der Waals surface area (Å²) in [5, 5.41) is 4.05. The Labute approximate surface area is 186 Å². The Morgan fingerprint density at radius 3 is 2.25 bits per heavy atom. The average Bonchev–Trinajstić information content (AvgIpc) is 3.25. The van der Waals surface area contributed by atoms with Crippen LogP contribution in [0.2, 0.25) is 5.02 Å². The van der Waals surface area contributed by atoms with Crippen LogP contribution in [0.4, 0.5) is 13.2 Å². The van der Waals surface area contributed by atoms with Crippen LogP contribution in [0.3, 0.4) is 0 Å². The molecule has 0 saturated heterocycles. The molecule has 0 amide bonds. The summed E-state index contributed by atoms with van der Waals surface area (Å²) in [6.07, 6.45) is -4.60. The van der Waals surface area contributed by atoms with Crippen LogP contribution in [0.25, 0.3) is 28.1 Å². The van der Waals surface area contributed by atoms with Gasteiger partial charge in [0.05, 0.1) is 29.1 Å². The number of para-hydroxylation sites is 1. The second kappa shape index (κ2) is 8.51. The SMILES string of the molecule is COC(=O)c1cccc(-c2ccc(-c3cc(C(F)(F)F)nn3-c3ccccc3Cl)cc2)c1. The van der Waals surface area contributed by atoms with Crippen molar-refractivity contribution in [2.75, 3.05) is 7.11 Å². The smallest absolute Gasteiger partial charge is 0.435 e. The van der Waals surface area contributed by atoms with Gasteiger partial charge in [-0.25, -0.2) is 9.48 Å². The molecule has 0 radical (unpaired) electrons. The number of carbonyl (C=O) groups excluding carboxylic acids is 1. The van der Waals surface area contributed by atoms with Gasteiger partial charge in [0.2, 0.25) is 0 Å². The van der Waals surface area contributed by atoms with Gasteiger partial charge in [0.1, 0.15) is 0 Å². The second-order valence-electron chi connectivity index (χ2n) is 6.93. The van der Waals surface area contributed by atoms with Gasteiger partial charge in [-0.1, -0.05) is 60.1 Å². The van der Waals surface area contributed by atoms with Crippen molar-refractivity contribution in [1.29, 1.82) is 0 Å². The van der Waals surface area contributed by atoms with Crippen molar-refractivity contribution < 1.29 is 22.7 Å². The van der Waals surface area contributed by atoms with Gasteiger partial charge >= 0.3 is 12.1 Å². The lowest BCUT2D eigenvalue weighted by molar-refractivity contribution is -0.141. The van der Waals surface area contributed by atoms with Crippen molar-refractivity contribution >= 4 is 17.6 Å². The van der Waals surface area contributed by atoms with Crippen molar-refractivity contribution in [2.45, 2.75) is 6.18 Å². The highest BCUT2D eigenvalue weighted by atomic mass is 35.5. The first-order valence-electron chi connectivity index (χ1n) is 9.49. The lowest BCUT2D eigenvalue weighted by Gasteiger charge is -2.10. The molecule has 0 atom stereocenters. The lowest BCUT2D eigenvalue weighted by Crippen LogP contribution is -2.07. The Morgan fingerprint density at radius 1 is 0.906 bits per heavy atom. The van der Waals surface area contributed by atoms with Gasteiger partial charge in [-0.15, -0.1) is 0 Å². The van der Waals surface area contributed by atoms with Crippen LogP contribution in [0.1, 0.15) is 16.1 Å². The Morgan fingerprint density at radius 2 is 1.59 bits per heavy atom. The maximum atomic E-state index is 13.4. The maximum Gasteiger partial charge on any atom is 0.435 e. The van der Waals surface area contributed by atoms with Crippen molar-refractivity contribution in [1.82, 2.24) is 9.78 Å². The quantitative estimate of drug-likeness (QED) is 0.322. The molecule has 1 aromatic heterocycles. The van der Waals surface area contributed by atoms with E-state index in [0.29, 0.717) is 16.8 Å². The molecule has 0 N–H and O–H groups in total. The first-order valence-corrected chi connectivity index (χ1v) is 9.87. The minimum Gasteiger partial charge on any atom is -0.465 e. The number of carbonyl (C=O) groups is 1. The van der Waals surface area contributed by atoms with Crippen molar-refractivity contribution in [3.8, 4) is 28.1 Å². The Balaban J connectivity index is 1.77. The summed E-state index contributed by atoms with van der Waals surface area (Å²) in [5.41, 5.74) is 2.08. The van der Waals surface area contributed by atoms with Crippen LogP contribution in [0, 0.1) is 0 Å². The van der Waals surface area contributed by atoms with Gasteiger partial charge in [-0.2, -0.15) is 18.3 Å². The number of rotatable bonds is 4. The Hall–Kier alpha value is -3.58. The van der Waals surface area contributed by atoms with E-state index >= 15 is 0 Å². The number of aromatic nitrogens is 2. The topological polar surface area (TPSA) is 44.1 Å². The van der Waals surface area contributed by atoms with Gasteiger partial charge in [-0.05, 0) is 41.5 Å². The molecule has 0 fully saturated rings. The lowest BCUT2D eigenvalue weighted by atomic mass is 10.0. The zero-order valence-corrected chi connectivity index (χ0v) is 17.5. The molecule has 0 unspecified atom stereocenters. The second-order valence-corrected chi connectivity index (χ2v) is 7.33. The van der Waals surface area contributed by atoms with Crippen LogP contribution in [0.15, 0.2) is 78.9 Å². The first kappa shape index (κ1) is 21.6. The molecule has 0 saturated carbocycles. The molecule has 0 spiro atoms. The summed E-state index contributed by atoms with van der Waals surface area (Å²) in [6.45, 7) is 0. The fourth-order valence-electron chi connectivity index (χ4n) is 3.31. The summed E-state index contributed by atoms with van der Waals surface area (Å²) < 4.78 is 46.1.